The Morgan fingerprint density at radius 2 is 1.87 bits per heavy atom. The molecule has 1 aromatic heterocycles. The minimum Gasteiger partial charge on any atom is -0.368 e. The van der Waals surface area contributed by atoms with E-state index >= 15 is 0 Å². The predicted molar refractivity (Wildman–Crippen MR) is 90.6 cm³/mol. The molecule has 126 valence electrons. The number of carbonyl (C=O) groups excluding carboxylic acids is 1. The van der Waals surface area contributed by atoms with Gasteiger partial charge >= 0.3 is 0 Å². The lowest BCUT2D eigenvalue weighted by atomic mass is 9.83. The zero-order chi connectivity index (χ0) is 16.4. The zero-order valence-electron chi connectivity index (χ0n) is 13.6. The van der Waals surface area contributed by atoms with Crippen molar-refractivity contribution in [3.63, 3.8) is 0 Å². The standard InChI is InChI=1S/C16H24ClN5O/c1-12-19-11-13(17)14(20-12)21-9-5-16(6-10-21,15(18)23)22-7-3-2-4-8-22/h11H,2-10H2,1H3,(H2,18,23). The third-order valence-corrected chi connectivity index (χ3v) is 5.42. The molecular formula is C16H24ClN5O. The second-order valence-corrected chi connectivity index (χ2v) is 6.93. The van der Waals surface area contributed by atoms with Gasteiger partial charge in [-0.05, 0) is 45.7 Å². The van der Waals surface area contributed by atoms with E-state index in [1.165, 1.54) is 6.42 Å². The average molecular weight is 338 g/mol. The van der Waals surface area contributed by atoms with Crippen LogP contribution < -0.4 is 10.6 Å². The van der Waals surface area contributed by atoms with Crippen LogP contribution in [0.15, 0.2) is 6.20 Å². The quantitative estimate of drug-likeness (QED) is 0.909. The van der Waals surface area contributed by atoms with Gasteiger partial charge in [0.25, 0.3) is 0 Å². The van der Waals surface area contributed by atoms with Gasteiger partial charge in [0.05, 0.1) is 6.20 Å². The molecule has 0 aromatic carbocycles. The fraction of sp³-hybridized carbons (Fsp3) is 0.688. The third kappa shape index (κ3) is 3.15. The molecule has 0 saturated carbocycles. The molecule has 0 atom stereocenters. The fourth-order valence-electron chi connectivity index (χ4n) is 3.79. The van der Waals surface area contributed by atoms with E-state index in [0.29, 0.717) is 10.8 Å². The molecule has 7 heteroatoms. The summed E-state index contributed by atoms with van der Waals surface area (Å²) < 4.78 is 0. The van der Waals surface area contributed by atoms with E-state index in [1.807, 2.05) is 6.92 Å². The van der Waals surface area contributed by atoms with Gasteiger partial charge in [-0.3, -0.25) is 9.69 Å². The Bertz CT molecular complexity index is 580. The predicted octanol–water partition coefficient (Wildman–Crippen LogP) is 1.75. The third-order valence-electron chi connectivity index (χ3n) is 5.16. The summed E-state index contributed by atoms with van der Waals surface area (Å²) >= 11 is 6.24. The number of piperidine rings is 2. The molecule has 0 bridgehead atoms. The number of nitrogens with two attached hydrogens (primary N) is 1. The Labute approximate surface area is 142 Å². The van der Waals surface area contributed by atoms with Crippen molar-refractivity contribution < 1.29 is 4.79 Å². The Morgan fingerprint density at radius 1 is 1.22 bits per heavy atom. The molecule has 0 radical (unpaired) electrons. The highest BCUT2D eigenvalue weighted by atomic mass is 35.5. The molecular weight excluding hydrogens is 314 g/mol. The molecule has 2 aliphatic heterocycles. The summed E-state index contributed by atoms with van der Waals surface area (Å²) in [6.07, 6.45) is 6.63. The van der Waals surface area contributed by atoms with E-state index in [1.54, 1.807) is 6.20 Å². The van der Waals surface area contributed by atoms with Crippen LogP contribution in [0.3, 0.4) is 0 Å². The normalized spacial score (nSPS) is 22.1. The minimum absolute atomic E-state index is 0.191. The summed E-state index contributed by atoms with van der Waals surface area (Å²) in [7, 11) is 0. The van der Waals surface area contributed by atoms with Gasteiger partial charge in [-0.1, -0.05) is 18.0 Å². The van der Waals surface area contributed by atoms with Crippen molar-refractivity contribution >= 4 is 23.3 Å². The number of nitrogens with zero attached hydrogens (tertiary/aromatic N) is 4. The molecule has 6 nitrogen and oxygen atoms in total. The molecule has 2 saturated heterocycles. The van der Waals surface area contributed by atoms with Crippen molar-refractivity contribution in [2.24, 2.45) is 5.73 Å². The molecule has 3 heterocycles. The molecule has 2 aliphatic rings. The van der Waals surface area contributed by atoms with Gasteiger partial charge in [0.1, 0.15) is 16.4 Å². The highest BCUT2D eigenvalue weighted by Gasteiger charge is 2.45. The van der Waals surface area contributed by atoms with Gasteiger partial charge in [-0.2, -0.15) is 0 Å². The van der Waals surface area contributed by atoms with Crippen LogP contribution in [0.1, 0.15) is 37.9 Å². The molecule has 0 unspecified atom stereocenters. The number of primary amides is 1. The molecule has 1 amide bonds. The van der Waals surface area contributed by atoms with Crippen molar-refractivity contribution in [3.8, 4) is 0 Å². The number of aromatic nitrogens is 2. The SMILES string of the molecule is Cc1ncc(Cl)c(N2CCC(C(N)=O)(N3CCCCC3)CC2)n1. The fourth-order valence-corrected chi connectivity index (χ4v) is 4.00. The number of rotatable bonds is 3. The van der Waals surface area contributed by atoms with Crippen molar-refractivity contribution in [1.82, 2.24) is 14.9 Å². The van der Waals surface area contributed by atoms with Crippen LogP contribution in [0, 0.1) is 6.92 Å². The maximum absolute atomic E-state index is 12.3. The number of hydrogen-bond acceptors (Lipinski definition) is 5. The topological polar surface area (TPSA) is 75.4 Å². The number of amides is 1. The van der Waals surface area contributed by atoms with Gasteiger partial charge in [0, 0.05) is 13.1 Å². The number of hydrogen-bond donors (Lipinski definition) is 1. The molecule has 0 aliphatic carbocycles. The lowest BCUT2D eigenvalue weighted by molar-refractivity contribution is -0.132. The highest BCUT2D eigenvalue weighted by molar-refractivity contribution is 6.32. The van der Waals surface area contributed by atoms with Crippen LogP contribution in [0.4, 0.5) is 5.82 Å². The van der Waals surface area contributed by atoms with Gasteiger partial charge in [0.2, 0.25) is 5.91 Å². The van der Waals surface area contributed by atoms with E-state index in [9.17, 15) is 4.79 Å². The smallest absolute Gasteiger partial charge is 0.238 e. The molecule has 0 spiro atoms. The number of likely N-dealkylation sites (tertiary alicyclic amines) is 1. The van der Waals surface area contributed by atoms with Gasteiger partial charge in [0.15, 0.2) is 5.82 Å². The van der Waals surface area contributed by atoms with E-state index in [-0.39, 0.29) is 5.91 Å². The first kappa shape index (κ1) is 16.5. The molecule has 23 heavy (non-hydrogen) atoms. The Hall–Kier alpha value is -1.40. The monoisotopic (exact) mass is 337 g/mol. The lowest BCUT2D eigenvalue weighted by Gasteiger charge is -2.48. The van der Waals surface area contributed by atoms with E-state index in [4.69, 9.17) is 17.3 Å². The average Bonchev–Trinajstić information content (AvgIpc) is 2.58. The lowest BCUT2D eigenvalue weighted by Crippen LogP contribution is -2.63. The Balaban J connectivity index is 1.77. The van der Waals surface area contributed by atoms with Crippen molar-refractivity contribution in [2.45, 2.75) is 44.6 Å². The number of halogens is 1. The first-order valence-electron chi connectivity index (χ1n) is 8.32. The van der Waals surface area contributed by atoms with Crippen molar-refractivity contribution in [1.29, 1.82) is 0 Å². The van der Waals surface area contributed by atoms with E-state index in [2.05, 4.69) is 19.8 Å². The minimum atomic E-state index is -0.508. The summed E-state index contributed by atoms with van der Waals surface area (Å²) in [6.45, 7) is 5.25. The summed E-state index contributed by atoms with van der Waals surface area (Å²) in [5.74, 6) is 1.27. The molecule has 2 fully saturated rings. The van der Waals surface area contributed by atoms with Crippen LogP contribution >= 0.6 is 11.6 Å². The molecule has 1 aromatic rings. The summed E-state index contributed by atoms with van der Waals surface area (Å²) in [5, 5.41) is 0.556. The van der Waals surface area contributed by atoms with Gasteiger partial charge < -0.3 is 10.6 Å². The van der Waals surface area contributed by atoms with Crippen LogP contribution in [0.5, 0.6) is 0 Å². The van der Waals surface area contributed by atoms with Gasteiger partial charge in [-0.25, -0.2) is 9.97 Å². The van der Waals surface area contributed by atoms with E-state index < -0.39 is 5.54 Å². The molecule has 2 N–H and O–H groups in total. The first-order chi connectivity index (χ1) is 11.0. The highest BCUT2D eigenvalue weighted by Crippen LogP contribution is 2.34. The number of carbonyl (C=O) groups is 1. The van der Waals surface area contributed by atoms with Crippen molar-refractivity contribution in [2.75, 3.05) is 31.1 Å². The van der Waals surface area contributed by atoms with Crippen LogP contribution in [-0.4, -0.2) is 52.5 Å². The largest absolute Gasteiger partial charge is 0.368 e. The van der Waals surface area contributed by atoms with Gasteiger partial charge in [-0.15, -0.1) is 0 Å². The Kier molecular flexibility index (Phi) is 4.73. The van der Waals surface area contributed by atoms with E-state index in [0.717, 1.165) is 57.7 Å². The maximum Gasteiger partial charge on any atom is 0.238 e. The summed E-state index contributed by atoms with van der Waals surface area (Å²) in [6, 6.07) is 0. The molecule has 3 rings (SSSR count). The zero-order valence-corrected chi connectivity index (χ0v) is 14.3. The first-order valence-corrected chi connectivity index (χ1v) is 8.70. The maximum atomic E-state index is 12.3. The second-order valence-electron chi connectivity index (χ2n) is 6.52. The number of aryl methyl sites for hydroxylation is 1. The summed E-state index contributed by atoms with van der Waals surface area (Å²) in [4.78, 5) is 25.3. The van der Waals surface area contributed by atoms with Crippen LogP contribution in [0.2, 0.25) is 5.02 Å². The summed E-state index contributed by atoms with van der Waals surface area (Å²) in [5.41, 5.74) is 5.31. The second kappa shape index (κ2) is 6.61. The van der Waals surface area contributed by atoms with Crippen LogP contribution in [-0.2, 0) is 4.79 Å². The van der Waals surface area contributed by atoms with Crippen molar-refractivity contribution in [3.05, 3.63) is 17.0 Å². The number of anilines is 1. The Morgan fingerprint density at radius 3 is 2.48 bits per heavy atom. The van der Waals surface area contributed by atoms with Crippen LogP contribution in [0.25, 0.3) is 0 Å².